The fraction of sp³-hybridized carbons (Fsp3) is 0.273. The molecule has 5 heteroatoms. The zero-order valence-corrected chi connectivity index (χ0v) is 10.2. The van der Waals surface area contributed by atoms with Crippen LogP contribution in [-0.2, 0) is 16.4 Å². The van der Waals surface area contributed by atoms with Crippen LogP contribution in [0.25, 0.3) is 0 Å². The van der Waals surface area contributed by atoms with Gasteiger partial charge in [-0.25, -0.2) is 8.42 Å². The lowest BCUT2D eigenvalue weighted by molar-refractivity contribution is -0.00000549. The molecule has 0 amide bonds. The minimum absolute atomic E-state index is 0. The highest BCUT2D eigenvalue weighted by atomic mass is 35.5. The first-order valence-corrected chi connectivity index (χ1v) is 6.55. The first kappa shape index (κ1) is 13.2. The molecule has 0 saturated carbocycles. The van der Waals surface area contributed by atoms with Crippen molar-refractivity contribution in [3.63, 3.8) is 0 Å². The summed E-state index contributed by atoms with van der Waals surface area (Å²) >= 11 is 0. The van der Waals surface area contributed by atoms with Crippen molar-refractivity contribution in [1.29, 1.82) is 0 Å². The van der Waals surface area contributed by atoms with Gasteiger partial charge in [0, 0.05) is 18.0 Å². The Labute approximate surface area is 102 Å². The van der Waals surface area contributed by atoms with Crippen molar-refractivity contribution in [1.82, 2.24) is 5.32 Å². The van der Waals surface area contributed by atoms with Gasteiger partial charge >= 0.3 is 0 Å². The zero-order valence-electron chi connectivity index (χ0n) is 8.64. The Balaban J connectivity index is 0.00000128. The van der Waals surface area contributed by atoms with Crippen LogP contribution in [0.1, 0.15) is 5.56 Å². The lowest BCUT2D eigenvalue weighted by Gasteiger charge is -2.09. The van der Waals surface area contributed by atoms with E-state index in [4.69, 9.17) is 0 Å². The molecule has 88 valence electrons. The average molecular weight is 259 g/mol. The second-order valence-corrected chi connectivity index (χ2v) is 5.56. The molecule has 0 bridgehead atoms. The van der Waals surface area contributed by atoms with Crippen LogP contribution in [-0.4, -0.2) is 20.2 Å². The monoisotopic (exact) mass is 258 g/mol. The normalized spacial score (nSPS) is 21.6. The highest BCUT2D eigenvalue weighted by Crippen LogP contribution is 2.08. The number of sulfone groups is 1. The molecular weight excluding hydrogens is 246 g/mol. The van der Waals surface area contributed by atoms with Crippen molar-refractivity contribution < 1.29 is 20.8 Å². The number of benzene rings is 1. The molecule has 1 unspecified atom stereocenters. The van der Waals surface area contributed by atoms with Crippen molar-refractivity contribution >= 4 is 9.84 Å². The second-order valence-electron chi connectivity index (χ2n) is 3.63. The molecule has 1 aliphatic heterocycles. The first-order chi connectivity index (χ1) is 7.16. The first-order valence-electron chi connectivity index (χ1n) is 4.84. The Hall–Kier alpha value is -0.840. The lowest BCUT2D eigenvalue weighted by Crippen LogP contribution is -3.00. The van der Waals surface area contributed by atoms with E-state index in [9.17, 15) is 8.42 Å². The third-order valence-corrected chi connectivity index (χ3v) is 3.74. The summed E-state index contributed by atoms with van der Waals surface area (Å²) < 4.78 is 22.3. The predicted molar refractivity (Wildman–Crippen MR) is 60.0 cm³/mol. The second kappa shape index (κ2) is 5.48. The topological polar surface area (TPSA) is 46.2 Å². The van der Waals surface area contributed by atoms with Crippen LogP contribution < -0.4 is 17.7 Å². The Kier molecular flexibility index (Phi) is 4.53. The standard InChI is InChI=1S/C11H13NO2S.ClH/c13-15(14)7-6-11(9-15)12-8-10-4-2-1-3-5-10;/h1-7,11-12H,8-9H2;1H/p-1. The van der Waals surface area contributed by atoms with Crippen LogP contribution in [0.3, 0.4) is 0 Å². The van der Waals surface area contributed by atoms with Gasteiger partial charge in [-0.05, 0) is 5.56 Å². The number of halogens is 1. The molecule has 1 aromatic rings. The van der Waals surface area contributed by atoms with Gasteiger partial charge in [0.2, 0.25) is 0 Å². The van der Waals surface area contributed by atoms with Gasteiger partial charge in [0.05, 0.1) is 5.75 Å². The molecule has 1 atom stereocenters. The maximum Gasteiger partial charge on any atom is 0.173 e. The molecule has 1 aliphatic rings. The highest BCUT2D eigenvalue weighted by Gasteiger charge is 2.20. The van der Waals surface area contributed by atoms with Crippen molar-refractivity contribution in [2.24, 2.45) is 0 Å². The lowest BCUT2D eigenvalue weighted by atomic mass is 10.2. The van der Waals surface area contributed by atoms with Crippen LogP contribution in [0.15, 0.2) is 41.8 Å². The van der Waals surface area contributed by atoms with E-state index in [2.05, 4.69) is 5.32 Å². The van der Waals surface area contributed by atoms with Crippen LogP contribution in [0.4, 0.5) is 0 Å². The van der Waals surface area contributed by atoms with Gasteiger partial charge in [-0.3, -0.25) is 0 Å². The van der Waals surface area contributed by atoms with Gasteiger partial charge in [-0.1, -0.05) is 36.4 Å². The van der Waals surface area contributed by atoms with E-state index in [-0.39, 0.29) is 24.2 Å². The molecule has 1 heterocycles. The maximum absolute atomic E-state index is 11.1. The largest absolute Gasteiger partial charge is 1.00 e. The van der Waals surface area contributed by atoms with Crippen molar-refractivity contribution in [2.45, 2.75) is 12.6 Å². The summed E-state index contributed by atoms with van der Waals surface area (Å²) in [6.45, 7) is 0.700. The predicted octanol–water partition coefficient (Wildman–Crippen LogP) is -1.91. The molecule has 2 rings (SSSR count). The van der Waals surface area contributed by atoms with Gasteiger partial charge in [0.1, 0.15) is 0 Å². The smallest absolute Gasteiger partial charge is 0.173 e. The Morgan fingerprint density at radius 3 is 2.50 bits per heavy atom. The average Bonchev–Trinajstić information content (AvgIpc) is 2.57. The maximum atomic E-state index is 11.1. The van der Waals surface area contributed by atoms with E-state index in [1.807, 2.05) is 30.3 Å². The van der Waals surface area contributed by atoms with Crippen LogP contribution in [0.5, 0.6) is 0 Å². The fourth-order valence-electron chi connectivity index (χ4n) is 1.55. The quantitative estimate of drug-likeness (QED) is 0.689. The van der Waals surface area contributed by atoms with E-state index in [0.29, 0.717) is 6.54 Å². The van der Waals surface area contributed by atoms with E-state index in [1.165, 1.54) is 5.41 Å². The number of rotatable bonds is 3. The third kappa shape index (κ3) is 3.63. The molecule has 1 aromatic carbocycles. The molecule has 0 saturated heterocycles. The SMILES string of the molecule is O=S1(=O)C=CC(NCc2ccccc2)C1.[Cl-]. The zero-order chi connectivity index (χ0) is 10.7. The Morgan fingerprint density at radius 1 is 1.25 bits per heavy atom. The molecular formula is C11H13ClNO2S-. The molecule has 0 fully saturated rings. The van der Waals surface area contributed by atoms with Gasteiger partial charge in [-0.15, -0.1) is 0 Å². The summed E-state index contributed by atoms with van der Waals surface area (Å²) in [6, 6.07) is 9.88. The number of hydrogen-bond donors (Lipinski definition) is 1. The minimum atomic E-state index is -2.94. The van der Waals surface area contributed by atoms with E-state index in [1.54, 1.807) is 6.08 Å². The fourth-order valence-corrected chi connectivity index (χ4v) is 2.82. The Bertz CT molecular complexity index is 456. The van der Waals surface area contributed by atoms with Crippen molar-refractivity contribution in [3.05, 3.63) is 47.4 Å². The highest BCUT2D eigenvalue weighted by molar-refractivity contribution is 7.94. The van der Waals surface area contributed by atoms with Gasteiger partial charge in [-0.2, -0.15) is 0 Å². The Morgan fingerprint density at radius 2 is 1.94 bits per heavy atom. The molecule has 0 aromatic heterocycles. The molecule has 3 nitrogen and oxygen atoms in total. The third-order valence-electron chi connectivity index (χ3n) is 2.34. The molecule has 16 heavy (non-hydrogen) atoms. The molecule has 1 N–H and O–H groups in total. The number of nitrogens with one attached hydrogen (secondary N) is 1. The number of hydrogen-bond acceptors (Lipinski definition) is 3. The van der Waals surface area contributed by atoms with Gasteiger partial charge in [0.15, 0.2) is 9.84 Å². The summed E-state index contributed by atoms with van der Waals surface area (Å²) in [5, 5.41) is 4.47. The summed E-state index contributed by atoms with van der Waals surface area (Å²) in [4.78, 5) is 0. The van der Waals surface area contributed by atoms with E-state index in [0.717, 1.165) is 5.56 Å². The van der Waals surface area contributed by atoms with Gasteiger partial charge < -0.3 is 17.7 Å². The molecule has 0 radical (unpaired) electrons. The van der Waals surface area contributed by atoms with Crippen LogP contribution >= 0.6 is 0 Å². The van der Waals surface area contributed by atoms with Crippen LogP contribution in [0, 0.1) is 0 Å². The molecule has 0 aliphatic carbocycles. The molecule has 0 spiro atoms. The minimum Gasteiger partial charge on any atom is -1.00 e. The summed E-state index contributed by atoms with van der Waals surface area (Å²) in [5.41, 5.74) is 1.16. The summed E-state index contributed by atoms with van der Waals surface area (Å²) in [5.74, 6) is 0.180. The van der Waals surface area contributed by atoms with E-state index < -0.39 is 9.84 Å². The summed E-state index contributed by atoms with van der Waals surface area (Å²) in [6.07, 6.45) is 1.71. The van der Waals surface area contributed by atoms with Crippen molar-refractivity contribution in [3.8, 4) is 0 Å². The van der Waals surface area contributed by atoms with Crippen LogP contribution in [0.2, 0.25) is 0 Å². The van der Waals surface area contributed by atoms with E-state index >= 15 is 0 Å². The van der Waals surface area contributed by atoms with Crippen molar-refractivity contribution in [2.75, 3.05) is 5.75 Å². The van der Waals surface area contributed by atoms with Gasteiger partial charge in [0.25, 0.3) is 0 Å². The summed E-state index contributed by atoms with van der Waals surface area (Å²) in [7, 11) is -2.94.